The summed E-state index contributed by atoms with van der Waals surface area (Å²) in [6.45, 7) is 0. The third-order valence-corrected chi connectivity index (χ3v) is 5.60. The molecule has 3 nitrogen and oxygen atoms in total. The SMILES string of the molecule is COC(c1ccccc1)C(O)(c1ccccc1)c1ccc(C(=O)C(F)(F)F)s1. The van der Waals surface area contributed by atoms with Crippen molar-refractivity contribution in [2.45, 2.75) is 17.9 Å². The minimum atomic E-state index is -4.98. The van der Waals surface area contributed by atoms with Crippen LogP contribution in [0.25, 0.3) is 0 Å². The largest absolute Gasteiger partial charge is 0.455 e. The van der Waals surface area contributed by atoms with E-state index in [-0.39, 0.29) is 4.88 Å². The maximum absolute atomic E-state index is 12.8. The summed E-state index contributed by atoms with van der Waals surface area (Å²) in [6, 6.07) is 19.8. The molecule has 3 aromatic rings. The van der Waals surface area contributed by atoms with Crippen LogP contribution in [0.15, 0.2) is 72.8 Å². The van der Waals surface area contributed by atoms with Crippen LogP contribution in [0.2, 0.25) is 0 Å². The van der Waals surface area contributed by atoms with Gasteiger partial charge in [0.1, 0.15) is 6.10 Å². The molecule has 1 heterocycles. The fourth-order valence-corrected chi connectivity index (χ4v) is 4.19. The molecule has 7 heteroatoms. The van der Waals surface area contributed by atoms with E-state index in [2.05, 4.69) is 0 Å². The van der Waals surface area contributed by atoms with Crippen LogP contribution < -0.4 is 0 Å². The number of benzene rings is 2. The summed E-state index contributed by atoms with van der Waals surface area (Å²) in [5.74, 6) is -1.94. The molecular weight excluding hydrogens is 389 g/mol. The quantitative estimate of drug-likeness (QED) is 0.578. The number of thiophene rings is 1. The van der Waals surface area contributed by atoms with Crippen molar-refractivity contribution in [1.82, 2.24) is 0 Å². The van der Waals surface area contributed by atoms with E-state index < -0.39 is 28.5 Å². The van der Waals surface area contributed by atoms with Crippen molar-refractivity contribution >= 4 is 17.1 Å². The Hall–Kier alpha value is -2.48. The Bertz CT molecular complexity index is 938. The van der Waals surface area contributed by atoms with Gasteiger partial charge in [-0.05, 0) is 23.3 Å². The number of rotatable bonds is 6. The van der Waals surface area contributed by atoms with Crippen molar-refractivity contribution in [3.05, 3.63) is 93.7 Å². The number of methoxy groups -OCH3 is 1. The third-order valence-electron chi connectivity index (χ3n) is 4.39. The maximum Gasteiger partial charge on any atom is 0.455 e. The van der Waals surface area contributed by atoms with Crippen LogP contribution >= 0.6 is 11.3 Å². The van der Waals surface area contributed by atoms with E-state index in [9.17, 15) is 23.1 Å². The summed E-state index contributed by atoms with van der Waals surface area (Å²) in [5.41, 5.74) is -0.696. The molecule has 3 rings (SSSR count). The highest BCUT2D eigenvalue weighted by Gasteiger charge is 2.45. The molecule has 2 atom stereocenters. The number of halogens is 3. The Balaban J connectivity index is 2.16. The van der Waals surface area contributed by atoms with Gasteiger partial charge >= 0.3 is 6.18 Å². The number of aliphatic hydroxyl groups is 1. The van der Waals surface area contributed by atoms with Crippen molar-refractivity contribution in [3.63, 3.8) is 0 Å². The van der Waals surface area contributed by atoms with E-state index in [1.54, 1.807) is 54.6 Å². The van der Waals surface area contributed by atoms with Gasteiger partial charge in [-0.2, -0.15) is 13.2 Å². The summed E-state index contributed by atoms with van der Waals surface area (Å²) in [7, 11) is 1.42. The van der Waals surface area contributed by atoms with E-state index in [1.165, 1.54) is 13.2 Å². The molecule has 1 aromatic heterocycles. The highest BCUT2D eigenvalue weighted by Crippen LogP contribution is 2.46. The minimum absolute atomic E-state index is 0.182. The second-order valence-corrected chi connectivity index (χ2v) is 7.23. The van der Waals surface area contributed by atoms with E-state index in [0.29, 0.717) is 22.5 Å². The molecule has 2 aromatic carbocycles. The van der Waals surface area contributed by atoms with Crippen LogP contribution in [0.3, 0.4) is 0 Å². The molecular formula is C21H17F3O3S. The van der Waals surface area contributed by atoms with Crippen LogP contribution in [0.5, 0.6) is 0 Å². The van der Waals surface area contributed by atoms with Crippen LogP contribution in [-0.4, -0.2) is 24.2 Å². The molecule has 0 fully saturated rings. The highest BCUT2D eigenvalue weighted by molar-refractivity contribution is 7.14. The molecule has 0 bridgehead atoms. The van der Waals surface area contributed by atoms with E-state index >= 15 is 0 Å². The molecule has 0 aliphatic rings. The summed E-state index contributed by atoms with van der Waals surface area (Å²) in [4.78, 5) is 11.3. The topological polar surface area (TPSA) is 46.5 Å². The van der Waals surface area contributed by atoms with Gasteiger partial charge in [-0.1, -0.05) is 60.7 Å². The second kappa shape index (κ2) is 7.87. The van der Waals surface area contributed by atoms with Gasteiger partial charge in [0, 0.05) is 12.0 Å². The van der Waals surface area contributed by atoms with Gasteiger partial charge in [0.2, 0.25) is 0 Å². The predicted octanol–water partition coefficient (Wildman–Crippen LogP) is 5.12. The lowest BCUT2D eigenvalue weighted by molar-refractivity contribution is -0.0882. The first-order valence-electron chi connectivity index (χ1n) is 8.36. The maximum atomic E-state index is 12.8. The average molecular weight is 406 g/mol. The lowest BCUT2D eigenvalue weighted by atomic mass is 9.83. The summed E-state index contributed by atoms with van der Waals surface area (Å²) < 4.78 is 44.1. The monoisotopic (exact) mass is 406 g/mol. The molecule has 0 spiro atoms. The molecule has 0 amide bonds. The Morgan fingerprint density at radius 1 is 0.964 bits per heavy atom. The van der Waals surface area contributed by atoms with E-state index in [0.717, 1.165) is 6.07 Å². The summed E-state index contributed by atoms with van der Waals surface area (Å²) in [6.07, 6.45) is -5.88. The first kappa shape index (κ1) is 20.3. The van der Waals surface area contributed by atoms with Crippen LogP contribution in [0.4, 0.5) is 13.2 Å². The first-order valence-corrected chi connectivity index (χ1v) is 9.17. The van der Waals surface area contributed by atoms with Crippen molar-refractivity contribution in [1.29, 1.82) is 0 Å². The van der Waals surface area contributed by atoms with Crippen LogP contribution in [-0.2, 0) is 10.3 Å². The zero-order valence-electron chi connectivity index (χ0n) is 14.8. The van der Waals surface area contributed by atoms with Crippen molar-refractivity contribution in [2.24, 2.45) is 0 Å². The van der Waals surface area contributed by atoms with Gasteiger partial charge in [0.15, 0.2) is 5.60 Å². The van der Waals surface area contributed by atoms with Gasteiger partial charge < -0.3 is 9.84 Å². The van der Waals surface area contributed by atoms with Gasteiger partial charge in [0.05, 0.1) is 4.88 Å². The van der Waals surface area contributed by atoms with Crippen molar-refractivity contribution in [3.8, 4) is 0 Å². The Labute approximate surface area is 164 Å². The normalized spacial score (nSPS) is 15.0. The number of hydrogen-bond acceptors (Lipinski definition) is 4. The Morgan fingerprint density at radius 3 is 2.07 bits per heavy atom. The van der Waals surface area contributed by atoms with E-state index in [1.807, 2.05) is 6.07 Å². The van der Waals surface area contributed by atoms with Crippen LogP contribution in [0, 0.1) is 0 Å². The van der Waals surface area contributed by atoms with Crippen molar-refractivity contribution < 1.29 is 27.8 Å². The Morgan fingerprint density at radius 2 is 1.54 bits per heavy atom. The molecule has 0 aliphatic carbocycles. The molecule has 0 saturated carbocycles. The zero-order valence-corrected chi connectivity index (χ0v) is 15.6. The standard InChI is InChI=1S/C21H17F3O3S/c1-27-19(14-8-4-2-5-9-14)20(26,15-10-6-3-7-11-15)17-13-12-16(28-17)18(25)21(22,23)24/h2-13,19,26H,1H3. The lowest BCUT2D eigenvalue weighted by Gasteiger charge is -2.35. The molecule has 2 unspecified atom stereocenters. The molecule has 146 valence electrons. The second-order valence-electron chi connectivity index (χ2n) is 6.15. The van der Waals surface area contributed by atoms with Gasteiger partial charge in [0.25, 0.3) is 5.78 Å². The molecule has 0 saturated heterocycles. The van der Waals surface area contributed by atoms with Crippen LogP contribution in [0.1, 0.15) is 31.8 Å². The molecule has 0 aliphatic heterocycles. The fourth-order valence-electron chi connectivity index (χ4n) is 3.10. The van der Waals surface area contributed by atoms with Gasteiger partial charge in [-0.25, -0.2) is 0 Å². The number of carbonyl (C=O) groups is 1. The Kier molecular flexibility index (Phi) is 5.69. The van der Waals surface area contributed by atoms with Crippen molar-refractivity contribution in [2.75, 3.05) is 7.11 Å². The summed E-state index contributed by atoms with van der Waals surface area (Å²) >= 11 is 0.608. The van der Waals surface area contributed by atoms with Gasteiger partial charge in [-0.3, -0.25) is 4.79 Å². The van der Waals surface area contributed by atoms with E-state index in [4.69, 9.17) is 4.74 Å². The number of hydrogen-bond donors (Lipinski definition) is 1. The third kappa shape index (κ3) is 3.73. The van der Waals surface area contributed by atoms with Gasteiger partial charge in [-0.15, -0.1) is 11.3 Å². The number of carbonyl (C=O) groups excluding carboxylic acids is 1. The lowest BCUT2D eigenvalue weighted by Crippen LogP contribution is -2.35. The average Bonchev–Trinajstić information content (AvgIpc) is 3.19. The molecule has 1 N–H and O–H groups in total. The number of alkyl halides is 3. The smallest absolute Gasteiger partial charge is 0.376 e. The molecule has 28 heavy (non-hydrogen) atoms. The fraction of sp³-hybridized carbons (Fsp3) is 0.190. The molecule has 0 radical (unpaired) electrons. The highest BCUT2D eigenvalue weighted by atomic mass is 32.1. The number of Topliss-reactive ketones (excluding diaryl/α,β-unsaturated/α-hetero) is 1. The predicted molar refractivity (Wildman–Crippen MR) is 100 cm³/mol. The first-order chi connectivity index (χ1) is 13.3. The minimum Gasteiger partial charge on any atom is -0.376 e. The summed E-state index contributed by atoms with van der Waals surface area (Å²) in [5, 5.41) is 11.8. The number of ether oxygens (including phenoxy) is 1. The zero-order chi connectivity index (χ0) is 20.4. The number of ketones is 1.